The van der Waals surface area contributed by atoms with Crippen molar-refractivity contribution in [3.05, 3.63) is 68.9 Å². The number of aryl methyl sites for hydroxylation is 1. The largest absolute Gasteiger partial charge is 0.396 e. The molecule has 0 aliphatic rings. The van der Waals surface area contributed by atoms with Gasteiger partial charge in [-0.2, -0.15) is 5.10 Å². The molecule has 1 N–H and O–H groups in total. The fraction of sp³-hybridized carbons (Fsp3) is 0.286. The molecule has 2 aromatic carbocycles. The Hall–Kier alpha value is -2.84. The molecular weight excluding hydrogens is 388 g/mol. The summed E-state index contributed by atoms with van der Waals surface area (Å²) in [6.07, 6.45) is 0.609. The Kier molecular flexibility index (Phi) is 5.29. The van der Waals surface area contributed by atoms with Crippen molar-refractivity contribution in [3.63, 3.8) is 0 Å². The van der Waals surface area contributed by atoms with Crippen molar-refractivity contribution in [1.82, 2.24) is 18.9 Å². The number of hydrogen-bond acceptors (Lipinski definition) is 5. The second kappa shape index (κ2) is 7.88. The average Bonchev–Trinajstić information content (AvgIpc) is 3.09. The van der Waals surface area contributed by atoms with Gasteiger partial charge in [-0.3, -0.25) is 18.6 Å². The minimum atomic E-state index is -0.399. The second-order valence-corrected chi connectivity index (χ2v) is 8.01. The van der Waals surface area contributed by atoms with Crippen LogP contribution in [0.4, 0.5) is 0 Å². The Morgan fingerprint density at radius 2 is 1.79 bits per heavy atom. The molecule has 0 saturated heterocycles. The van der Waals surface area contributed by atoms with Gasteiger partial charge in [0.15, 0.2) is 5.65 Å². The fourth-order valence-electron chi connectivity index (χ4n) is 3.51. The summed E-state index contributed by atoms with van der Waals surface area (Å²) in [6.45, 7) is 0.563. The van der Waals surface area contributed by atoms with Gasteiger partial charge in [0.05, 0.1) is 6.54 Å². The van der Waals surface area contributed by atoms with Crippen LogP contribution >= 0.6 is 11.8 Å². The van der Waals surface area contributed by atoms with Gasteiger partial charge in [-0.25, -0.2) is 4.79 Å². The minimum Gasteiger partial charge on any atom is -0.396 e. The number of fused-ring (bicyclic) bond motifs is 2. The lowest BCUT2D eigenvalue weighted by Gasteiger charge is -2.10. The van der Waals surface area contributed by atoms with Gasteiger partial charge in [0.2, 0.25) is 0 Å². The van der Waals surface area contributed by atoms with Gasteiger partial charge < -0.3 is 5.11 Å². The van der Waals surface area contributed by atoms with E-state index in [4.69, 9.17) is 5.11 Å². The zero-order chi connectivity index (χ0) is 20.5. The van der Waals surface area contributed by atoms with Crippen molar-refractivity contribution < 1.29 is 5.11 Å². The number of nitrogens with zero attached hydrogens (tertiary/aromatic N) is 4. The highest BCUT2D eigenvalue weighted by molar-refractivity contribution is 7.99. The van der Waals surface area contributed by atoms with E-state index in [2.05, 4.69) is 23.3 Å². The Morgan fingerprint density at radius 1 is 1.03 bits per heavy atom. The molecular formula is C21H22N4O3S. The monoisotopic (exact) mass is 410 g/mol. The molecule has 0 spiro atoms. The molecule has 29 heavy (non-hydrogen) atoms. The van der Waals surface area contributed by atoms with Gasteiger partial charge >= 0.3 is 5.69 Å². The molecule has 150 valence electrons. The van der Waals surface area contributed by atoms with Crippen LogP contribution < -0.4 is 11.2 Å². The molecule has 0 amide bonds. The normalized spacial score (nSPS) is 11.6. The van der Waals surface area contributed by atoms with E-state index in [9.17, 15) is 9.59 Å². The summed E-state index contributed by atoms with van der Waals surface area (Å²) in [5, 5.41) is 17.2. The molecule has 0 radical (unpaired) electrons. The zero-order valence-electron chi connectivity index (χ0n) is 16.3. The molecule has 0 aliphatic carbocycles. The van der Waals surface area contributed by atoms with Crippen molar-refractivity contribution in [2.45, 2.75) is 18.0 Å². The summed E-state index contributed by atoms with van der Waals surface area (Å²) in [4.78, 5) is 25.2. The van der Waals surface area contributed by atoms with Crippen LogP contribution in [0.25, 0.3) is 21.8 Å². The zero-order valence-corrected chi connectivity index (χ0v) is 17.1. The van der Waals surface area contributed by atoms with E-state index in [1.807, 2.05) is 24.3 Å². The van der Waals surface area contributed by atoms with Gasteiger partial charge in [-0.15, -0.1) is 11.8 Å². The summed E-state index contributed by atoms with van der Waals surface area (Å²) in [5.74, 6) is 0.652. The molecule has 4 aromatic rings. The number of rotatable bonds is 6. The third-order valence-corrected chi connectivity index (χ3v) is 6.22. The SMILES string of the molecule is Cn1c(=O)c2c(SCCCO)n(Cc3cccc4ccccc34)nc2n(C)c1=O. The highest BCUT2D eigenvalue weighted by Crippen LogP contribution is 2.28. The van der Waals surface area contributed by atoms with Crippen molar-refractivity contribution in [2.24, 2.45) is 14.1 Å². The standard InChI is InChI=1S/C21H22N4O3S/c1-23-18-17(19(27)24(2)21(23)28)20(29-12-6-11-26)25(22-18)13-15-9-5-8-14-7-3-4-10-16(14)15/h3-5,7-10,26H,6,11-13H2,1-2H3. The number of benzene rings is 2. The van der Waals surface area contributed by atoms with Crippen LogP contribution in [0.5, 0.6) is 0 Å². The van der Waals surface area contributed by atoms with Crippen LogP contribution in [0, 0.1) is 0 Å². The maximum atomic E-state index is 12.9. The molecule has 7 nitrogen and oxygen atoms in total. The summed E-state index contributed by atoms with van der Waals surface area (Å²) < 4.78 is 4.32. The van der Waals surface area contributed by atoms with Gasteiger partial charge in [0, 0.05) is 26.5 Å². The average molecular weight is 410 g/mol. The van der Waals surface area contributed by atoms with Gasteiger partial charge in [0.1, 0.15) is 10.4 Å². The maximum absolute atomic E-state index is 12.9. The molecule has 0 unspecified atom stereocenters. The molecule has 0 atom stereocenters. The van der Waals surface area contributed by atoms with Crippen LogP contribution in [0.2, 0.25) is 0 Å². The lowest BCUT2D eigenvalue weighted by molar-refractivity contribution is 0.296. The smallest absolute Gasteiger partial charge is 0.332 e. The Balaban J connectivity index is 1.92. The quantitative estimate of drug-likeness (QED) is 0.389. The fourth-order valence-corrected chi connectivity index (χ4v) is 4.55. The van der Waals surface area contributed by atoms with E-state index in [1.54, 1.807) is 11.7 Å². The van der Waals surface area contributed by atoms with Gasteiger partial charge in [0.25, 0.3) is 5.56 Å². The molecule has 4 rings (SSSR count). The first-order valence-corrected chi connectivity index (χ1v) is 10.4. The second-order valence-electron chi connectivity index (χ2n) is 6.93. The number of hydrogen-bond donors (Lipinski definition) is 1. The molecule has 0 bridgehead atoms. The van der Waals surface area contributed by atoms with E-state index in [1.165, 1.54) is 23.4 Å². The van der Waals surface area contributed by atoms with Crippen molar-refractivity contribution in [1.29, 1.82) is 0 Å². The topological polar surface area (TPSA) is 82.1 Å². The summed E-state index contributed by atoms with van der Waals surface area (Å²) >= 11 is 1.48. The molecule has 2 heterocycles. The molecule has 0 fully saturated rings. The first-order valence-electron chi connectivity index (χ1n) is 9.39. The molecule has 8 heteroatoms. The predicted octanol–water partition coefficient (Wildman–Crippen LogP) is 2.11. The lowest BCUT2D eigenvalue weighted by Crippen LogP contribution is -2.36. The van der Waals surface area contributed by atoms with Crippen molar-refractivity contribution in [2.75, 3.05) is 12.4 Å². The van der Waals surface area contributed by atoms with E-state index in [-0.39, 0.29) is 12.2 Å². The highest BCUT2D eigenvalue weighted by atomic mass is 32.2. The minimum absolute atomic E-state index is 0.0822. The van der Waals surface area contributed by atoms with Crippen LogP contribution in [0.3, 0.4) is 0 Å². The molecule has 2 aromatic heterocycles. The number of thioether (sulfide) groups is 1. The van der Waals surface area contributed by atoms with E-state index < -0.39 is 5.69 Å². The van der Waals surface area contributed by atoms with Crippen molar-refractivity contribution in [3.8, 4) is 0 Å². The van der Waals surface area contributed by atoms with Crippen molar-refractivity contribution >= 4 is 33.6 Å². The Bertz CT molecular complexity index is 1310. The lowest BCUT2D eigenvalue weighted by atomic mass is 10.0. The Labute approximate surface area is 171 Å². The first kappa shape index (κ1) is 19.5. The van der Waals surface area contributed by atoms with E-state index >= 15 is 0 Å². The number of aromatic nitrogens is 4. The number of aliphatic hydroxyl groups excluding tert-OH is 1. The summed E-state index contributed by atoms with van der Waals surface area (Å²) in [5.41, 5.74) is 0.717. The highest BCUT2D eigenvalue weighted by Gasteiger charge is 2.20. The van der Waals surface area contributed by atoms with E-state index in [0.29, 0.717) is 29.8 Å². The third kappa shape index (κ3) is 3.38. The van der Waals surface area contributed by atoms with Crippen LogP contribution in [0.1, 0.15) is 12.0 Å². The first-order chi connectivity index (χ1) is 14.0. The predicted molar refractivity (Wildman–Crippen MR) is 116 cm³/mol. The third-order valence-electron chi connectivity index (χ3n) is 5.04. The number of aliphatic hydroxyl groups is 1. The van der Waals surface area contributed by atoms with E-state index in [0.717, 1.165) is 25.9 Å². The molecule has 0 aliphatic heterocycles. The Morgan fingerprint density at radius 3 is 2.59 bits per heavy atom. The summed E-state index contributed by atoms with van der Waals surface area (Å²) in [7, 11) is 3.11. The summed E-state index contributed by atoms with van der Waals surface area (Å²) in [6, 6.07) is 14.3. The van der Waals surface area contributed by atoms with Crippen LogP contribution in [-0.2, 0) is 20.6 Å². The van der Waals surface area contributed by atoms with Crippen LogP contribution in [-0.4, -0.2) is 36.4 Å². The van der Waals surface area contributed by atoms with Crippen LogP contribution in [0.15, 0.2) is 57.1 Å². The molecule has 0 saturated carbocycles. The van der Waals surface area contributed by atoms with Gasteiger partial charge in [-0.05, 0) is 22.8 Å². The van der Waals surface area contributed by atoms with Gasteiger partial charge in [-0.1, -0.05) is 42.5 Å². The maximum Gasteiger partial charge on any atom is 0.332 e.